The lowest BCUT2D eigenvalue weighted by Gasteiger charge is -2.27. The molecule has 0 saturated carbocycles. The number of amides is 1. The fourth-order valence-corrected chi connectivity index (χ4v) is 2.78. The molecule has 132 valence electrons. The van der Waals surface area contributed by atoms with Gasteiger partial charge in [-0.05, 0) is 36.4 Å². The third-order valence-corrected chi connectivity index (χ3v) is 4.04. The summed E-state index contributed by atoms with van der Waals surface area (Å²) in [6.07, 6.45) is 1.07. The summed E-state index contributed by atoms with van der Waals surface area (Å²) in [6, 6.07) is 10.1. The van der Waals surface area contributed by atoms with Gasteiger partial charge in [-0.25, -0.2) is 13.8 Å². The predicted octanol–water partition coefficient (Wildman–Crippen LogP) is 2.80. The minimum Gasteiger partial charge on any atom is -0.471 e. The van der Waals surface area contributed by atoms with Gasteiger partial charge in [0.15, 0.2) is 0 Å². The third-order valence-electron chi connectivity index (χ3n) is 4.04. The third kappa shape index (κ3) is 3.13. The molecular weight excluding hydrogens is 342 g/mol. The highest BCUT2D eigenvalue weighted by Crippen LogP contribution is 2.22. The molecule has 0 bridgehead atoms. The number of fused-ring (bicyclic) bond motifs is 1. The average molecular weight is 356 g/mol. The molecule has 1 amide bonds. The number of carbonyl (C=O) groups excluding carboxylic acids is 1. The maximum atomic E-state index is 13.1. The van der Waals surface area contributed by atoms with Gasteiger partial charge in [0.1, 0.15) is 29.6 Å². The first kappa shape index (κ1) is 16.2. The van der Waals surface area contributed by atoms with Crippen LogP contribution in [-0.4, -0.2) is 27.2 Å². The molecule has 8 heteroatoms. The smallest absolute Gasteiger partial charge is 0.276 e. The van der Waals surface area contributed by atoms with Gasteiger partial charge < -0.3 is 9.64 Å². The van der Waals surface area contributed by atoms with E-state index in [0.717, 1.165) is 6.20 Å². The summed E-state index contributed by atoms with van der Waals surface area (Å²) >= 11 is 0. The van der Waals surface area contributed by atoms with E-state index in [1.807, 2.05) is 0 Å². The van der Waals surface area contributed by atoms with Crippen molar-refractivity contribution >= 4 is 11.6 Å². The van der Waals surface area contributed by atoms with Crippen molar-refractivity contribution in [3.05, 3.63) is 71.7 Å². The fourth-order valence-electron chi connectivity index (χ4n) is 2.78. The van der Waals surface area contributed by atoms with Crippen molar-refractivity contribution in [2.24, 2.45) is 0 Å². The maximum absolute atomic E-state index is 13.1. The van der Waals surface area contributed by atoms with Crippen LogP contribution in [0, 0.1) is 11.6 Å². The van der Waals surface area contributed by atoms with Crippen LogP contribution in [0.25, 0.3) is 0 Å². The Hall–Kier alpha value is -3.29. The van der Waals surface area contributed by atoms with Gasteiger partial charge in [0.2, 0.25) is 5.88 Å². The Labute approximate surface area is 147 Å². The van der Waals surface area contributed by atoms with Crippen LogP contribution in [0.15, 0.2) is 48.7 Å². The summed E-state index contributed by atoms with van der Waals surface area (Å²) in [6.45, 7) is 1.08. The molecule has 3 heterocycles. The Morgan fingerprint density at radius 2 is 1.81 bits per heavy atom. The molecule has 0 radical (unpaired) electrons. The molecule has 6 nitrogen and oxygen atoms in total. The Morgan fingerprint density at radius 1 is 1.04 bits per heavy atom. The van der Waals surface area contributed by atoms with Crippen molar-refractivity contribution in [1.82, 2.24) is 14.8 Å². The Kier molecular flexibility index (Phi) is 4.08. The Morgan fingerprint density at radius 3 is 2.54 bits per heavy atom. The molecule has 0 N–H and O–H groups in total. The molecule has 2 aromatic heterocycles. The van der Waals surface area contributed by atoms with Crippen LogP contribution in [0.5, 0.6) is 5.88 Å². The Bertz CT molecular complexity index is 939. The lowest BCUT2D eigenvalue weighted by atomic mass is 10.2. The molecule has 1 aliphatic rings. The number of pyridine rings is 1. The molecular formula is C18H14F2N4O2. The van der Waals surface area contributed by atoms with Crippen molar-refractivity contribution in [2.45, 2.75) is 13.2 Å². The van der Waals surface area contributed by atoms with E-state index < -0.39 is 5.82 Å². The van der Waals surface area contributed by atoms with Crippen molar-refractivity contribution in [3.8, 4) is 5.88 Å². The minimum absolute atomic E-state index is 0.114. The zero-order valence-corrected chi connectivity index (χ0v) is 13.6. The minimum atomic E-state index is -0.443. The summed E-state index contributed by atoms with van der Waals surface area (Å²) in [5.74, 6) is -0.725. The Balaban J connectivity index is 1.49. The topological polar surface area (TPSA) is 60.2 Å². The highest BCUT2D eigenvalue weighted by atomic mass is 19.1. The van der Waals surface area contributed by atoms with Crippen molar-refractivity contribution in [1.29, 1.82) is 0 Å². The average Bonchev–Trinajstić information content (AvgIpc) is 3.07. The molecule has 3 aromatic rings. The molecule has 0 saturated heterocycles. The van der Waals surface area contributed by atoms with Crippen molar-refractivity contribution in [3.63, 3.8) is 0 Å². The fraction of sp³-hybridized carbons (Fsp3) is 0.167. The van der Waals surface area contributed by atoms with E-state index in [4.69, 9.17) is 4.74 Å². The molecule has 0 atom stereocenters. The quantitative estimate of drug-likeness (QED) is 0.721. The van der Waals surface area contributed by atoms with Crippen LogP contribution in [-0.2, 0) is 13.2 Å². The number of halogens is 2. The van der Waals surface area contributed by atoms with Crippen LogP contribution in [0.3, 0.4) is 0 Å². The maximum Gasteiger partial charge on any atom is 0.276 e. The normalized spacial score (nSPS) is 13.6. The first-order chi connectivity index (χ1) is 12.6. The number of nitrogens with zero attached hydrogens (tertiary/aromatic N) is 4. The zero-order chi connectivity index (χ0) is 18.1. The summed E-state index contributed by atoms with van der Waals surface area (Å²) < 4.78 is 33.0. The molecule has 0 unspecified atom stereocenters. The molecule has 1 aromatic carbocycles. The molecule has 0 spiro atoms. The lowest BCUT2D eigenvalue weighted by Crippen LogP contribution is -2.40. The van der Waals surface area contributed by atoms with E-state index in [1.165, 1.54) is 24.3 Å². The SMILES string of the molecule is O=C1c2cc(COc3ccc(F)cn3)nn2CCN1c1ccc(F)cc1. The second kappa shape index (κ2) is 6.55. The van der Waals surface area contributed by atoms with E-state index in [0.29, 0.717) is 30.2 Å². The number of anilines is 1. The van der Waals surface area contributed by atoms with Gasteiger partial charge in [-0.1, -0.05) is 0 Å². The molecule has 0 fully saturated rings. The number of ether oxygens (including phenoxy) is 1. The summed E-state index contributed by atoms with van der Waals surface area (Å²) in [5.41, 5.74) is 1.64. The number of benzene rings is 1. The van der Waals surface area contributed by atoms with E-state index in [-0.39, 0.29) is 24.2 Å². The van der Waals surface area contributed by atoms with Crippen LogP contribution in [0.1, 0.15) is 16.2 Å². The predicted molar refractivity (Wildman–Crippen MR) is 88.8 cm³/mol. The summed E-state index contributed by atoms with van der Waals surface area (Å²) in [4.78, 5) is 18.1. The molecule has 26 heavy (non-hydrogen) atoms. The van der Waals surface area contributed by atoms with Crippen molar-refractivity contribution in [2.75, 3.05) is 11.4 Å². The van der Waals surface area contributed by atoms with Crippen LogP contribution in [0.4, 0.5) is 14.5 Å². The summed E-state index contributed by atoms with van der Waals surface area (Å²) in [7, 11) is 0. The summed E-state index contributed by atoms with van der Waals surface area (Å²) in [5, 5.41) is 4.36. The standard InChI is InChI=1S/C18H14F2N4O2/c19-12-1-4-15(5-2-12)23-7-8-24-16(18(23)25)9-14(22-24)11-26-17-6-3-13(20)10-21-17/h1-6,9-10H,7-8,11H2. The van der Waals surface area contributed by atoms with Crippen molar-refractivity contribution < 1.29 is 18.3 Å². The van der Waals surface area contributed by atoms with Crippen LogP contribution in [0.2, 0.25) is 0 Å². The van der Waals surface area contributed by atoms with Gasteiger partial charge in [-0.15, -0.1) is 0 Å². The van der Waals surface area contributed by atoms with Gasteiger partial charge in [-0.2, -0.15) is 5.10 Å². The number of hydrogen-bond donors (Lipinski definition) is 0. The largest absolute Gasteiger partial charge is 0.471 e. The van der Waals surface area contributed by atoms with E-state index in [9.17, 15) is 13.6 Å². The van der Waals surface area contributed by atoms with Gasteiger partial charge in [0, 0.05) is 18.3 Å². The van der Waals surface area contributed by atoms with Gasteiger partial charge in [0.25, 0.3) is 5.91 Å². The zero-order valence-electron chi connectivity index (χ0n) is 13.6. The first-order valence-electron chi connectivity index (χ1n) is 7.99. The van der Waals surface area contributed by atoms with Crippen LogP contribution < -0.4 is 9.64 Å². The second-order valence-electron chi connectivity index (χ2n) is 5.78. The van der Waals surface area contributed by atoms with E-state index >= 15 is 0 Å². The molecule has 1 aliphatic heterocycles. The number of hydrogen-bond acceptors (Lipinski definition) is 4. The van der Waals surface area contributed by atoms with Gasteiger partial charge in [-0.3, -0.25) is 9.48 Å². The highest BCUT2D eigenvalue weighted by molar-refractivity contribution is 6.05. The van der Waals surface area contributed by atoms with Gasteiger partial charge in [0.05, 0.1) is 12.7 Å². The highest BCUT2D eigenvalue weighted by Gasteiger charge is 2.27. The first-order valence-corrected chi connectivity index (χ1v) is 7.99. The number of aromatic nitrogens is 3. The van der Waals surface area contributed by atoms with E-state index in [2.05, 4.69) is 10.1 Å². The molecule has 0 aliphatic carbocycles. The monoisotopic (exact) mass is 356 g/mol. The van der Waals surface area contributed by atoms with Gasteiger partial charge >= 0.3 is 0 Å². The van der Waals surface area contributed by atoms with Crippen LogP contribution >= 0.6 is 0 Å². The number of carbonyl (C=O) groups is 1. The molecule has 4 rings (SSSR count). The van der Waals surface area contributed by atoms with E-state index in [1.54, 1.807) is 27.8 Å². The number of rotatable bonds is 4. The second-order valence-corrected chi connectivity index (χ2v) is 5.78. The lowest BCUT2D eigenvalue weighted by molar-refractivity contribution is 0.0962.